The maximum absolute atomic E-state index is 12.7. The van der Waals surface area contributed by atoms with Crippen LogP contribution in [-0.4, -0.2) is 25.3 Å². The fourth-order valence-corrected chi connectivity index (χ4v) is 5.61. The van der Waals surface area contributed by atoms with E-state index < -0.39 is 0 Å². The van der Waals surface area contributed by atoms with Crippen molar-refractivity contribution in [1.29, 1.82) is 5.26 Å². The highest BCUT2D eigenvalue weighted by Crippen LogP contribution is 2.52. The molecule has 1 amide bonds. The number of anilines is 2. The quantitative estimate of drug-likeness (QED) is 0.380. The Morgan fingerprint density at radius 3 is 2.91 bits per heavy atom. The summed E-state index contributed by atoms with van der Waals surface area (Å²) in [4.78, 5) is 26.7. The molecule has 2 fully saturated rings. The summed E-state index contributed by atoms with van der Waals surface area (Å²) < 4.78 is 2.64. The minimum absolute atomic E-state index is 0.0297. The van der Waals surface area contributed by atoms with Crippen LogP contribution in [0.2, 0.25) is 4.34 Å². The van der Waals surface area contributed by atoms with Gasteiger partial charge < -0.3 is 15.0 Å². The predicted molar refractivity (Wildman–Crippen MR) is 130 cm³/mol. The van der Waals surface area contributed by atoms with Crippen molar-refractivity contribution in [2.45, 2.75) is 37.6 Å². The van der Waals surface area contributed by atoms with E-state index in [0.29, 0.717) is 40.4 Å². The zero-order valence-corrected chi connectivity index (χ0v) is 19.6. The molecule has 0 aromatic carbocycles. The summed E-state index contributed by atoms with van der Waals surface area (Å²) in [6.45, 7) is 0.506. The maximum atomic E-state index is 12.7. The van der Waals surface area contributed by atoms with Crippen molar-refractivity contribution in [2.24, 2.45) is 5.92 Å². The molecule has 2 atom stereocenters. The Kier molecular flexibility index (Phi) is 5.20. The highest BCUT2D eigenvalue weighted by molar-refractivity contribution is 7.16. The normalized spacial score (nSPS) is 19.1. The van der Waals surface area contributed by atoms with Crippen molar-refractivity contribution in [2.75, 3.05) is 10.6 Å². The van der Waals surface area contributed by atoms with Crippen LogP contribution in [0.3, 0.4) is 0 Å². The number of imidazole rings is 1. The molecule has 6 rings (SSSR count). The second-order valence-electron chi connectivity index (χ2n) is 8.75. The monoisotopic (exact) mass is 489 g/mol. The van der Waals surface area contributed by atoms with Gasteiger partial charge >= 0.3 is 0 Å². The number of amides is 1. The number of hydrogen-bond acceptors (Lipinski definition) is 7. The van der Waals surface area contributed by atoms with Gasteiger partial charge in [-0.25, -0.2) is 15.0 Å². The van der Waals surface area contributed by atoms with Gasteiger partial charge in [0.1, 0.15) is 29.7 Å². The highest BCUT2D eigenvalue weighted by Gasteiger charge is 2.46. The van der Waals surface area contributed by atoms with Crippen LogP contribution in [0, 0.1) is 17.2 Å². The molecule has 0 radical (unpaired) electrons. The molecule has 0 spiro atoms. The van der Waals surface area contributed by atoms with E-state index in [-0.39, 0.29) is 17.7 Å². The van der Waals surface area contributed by atoms with Gasteiger partial charge in [-0.15, -0.1) is 11.3 Å². The van der Waals surface area contributed by atoms with E-state index in [4.69, 9.17) is 11.6 Å². The number of rotatable bonds is 7. The summed E-state index contributed by atoms with van der Waals surface area (Å²) in [6.07, 6.45) is 8.84. The van der Waals surface area contributed by atoms with Crippen molar-refractivity contribution in [3.05, 3.63) is 69.0 Å². The maximum Gasteiger partial charge on any atom is 0.229 e. The smallest absolute Gasteiger partial charge is 0.229 e. The first-order valence-corrected chi connectivity index (χ1v) is 12.3. The van der Waals surface area contributed by atoms with Gasteiger partial charge in [-0.2, -0.15) is 5.26 Å². The summed E-state index contributed by atoms with van der Waals surface area (Å²) in [5.41, 5.74) is 3.74. The molecule has 10 heteroatoms. The molecule has 2 N–H and O–H groups in total. The average molecular weight is 490 g/mol. The molecule has 4 aromatic heterocycles. The first-order valence-electron chi connectivity index (χ1n) is 11.1. The number of fused-ring (bicyclic) bond motifs is 1. The van der Waals surface area contributed by atoms with Crippen molar-refractivity contribution >= 4 is 46.1 Å². The van der Waals surface area contributed by atoms with Gasteiger partial charge in [-0.1, -0.05) is 17.7 Å². The molecule has 4 aromatic rings. The van der Waals surface area contributed by atoms with Crippen molar-refractivity contribution in [3.63, 3.8) is 0 Å². The second kappa shape index (κ2) is 8.38. The van der Waals surface area contributed by atoms with E-state index in [0.717, 1.165) is 16.2 Å². The van der Waals surface area contributed by atoms with E-state index in [1.54, 1.807) is 12.1 Å². The lowest BCUT2D eigenvalue weighted by molar-refractivity contribution is -0.117. The Labute approximate surface area is 204 Å². The standard InChI is InChI=1S/C24H20ClN7OS/c25-19-5-15(8-26)23(34-19)17-6-18(17)24(33)31-21-7-20(28-12-29-21)27-9-16-11-32-10-14(13-1-2-13)3-4-22(32)30-16/h3-5,7,10-13,17-18H,1-2,6,9H2,(H2,27,28,29,31,33). The molecular formula is C24H20ClN7OS. The number of hydrogen-bond donors (Lipinski definition) is 2. The number of carbonyl (C=O) groups excluding carboxylic acids is 1. The topological polar surface area (TPSA) is 108 Å². The average Bonchev–Trinajstić information content (AvgIpc) is 3.76. The van der Waals surface area contributed by atoms with Gasteiger partial charge in [0, 0.05) is 35.2 Å². The van der Waals surface area contributed by atoms with Crippen LogP contribution in [0.15, 0.2) is 43.0 Å². The lowest BCUT2D eigenvalue weighted by atomic mass is 10.2. The van der Waals surface area contributed by atoms with E-state index >= 15 is 0 Å². The second-order valence-corrected chi connectivity index (χ2v) is 10.5. The summed E-state index contributed by atoms with van der Waals surface area (Å²) in [6, 6.07) is 9.75. The molecule has 2 saturated carbocycles. The zero-order chi connectivity index (χ0) is 23.2. The first kappa shape index (κ1) is 21.1. The minimum Gasteiger partial charge on any atom is -0.364 e. The summed E-state index contributed by atoms with van der Waals surface area (Å²) in [7, 11) is 0. The fourth-order valence-electron chi connectivity index (χ4n) is 4.24. The third kappa shape index (κ3) is 4.22. The van der Waals surface area contributed by atoms with E-state index in [2.05, 4.69) is 54.4 Å². The van der Waals surface area contributed by atoms with Gasteiger partial charge in [-0.05, 0) is 42.9 Å². The number of nitriles is 1. The first-order chi connectivity index (χ1) is 16.6. The Balaban J connectivity index is 1.08. The number of pyridine rings is 1. The van der Waals surface area contributed by atoms with E-state index in [1.807, 2.05) is 6.20 Å². The number of carbonyl (C=O) groups is 1. The Bertz CT molecular complexity index is 1450. The third-order valence-corrected chi connectivity index (χ3v) is 7.65. The number of nitrogens with one attached hydrogen (secondary N) is 2. The van der Waals surface area contributed by atoms with Gasteiger partial charge in [-0.3, -0.25) is 4.79 Å². The predicted octanol–water partition coefficient (Wildman–Crippen LogP) is 4.94. The van der Waals surface area contributed by atoms with Crippen LogP contribution in [-0.2, 0) is 11.3 Å². The van der Waals surface area contributed by atoms with Crippen LogP contribution in [0.1, 0.15) is 52.8 Å². The molecule has 0 bridgehead atoms. The lowest BCUT2D eigenvalue weighted by Crippen LogP contribution is -2.16. The molecule has 2 aliphatic rings. The van der Waals surface area contributed by atoms with Gasteiger partial charge in [0.15, 0.2) is 0 Å². The van der Waals surface area contributed by atoms with Crippen molar-refractivity contribution in [1.82, 2.24) is 19.4 Å². The number of aromatic nitrogens is 4. The molecule has 170 valence electrons. The number of halogens is 1. The Hall–Kier alpha value is -3.48. The molecule has 2 aliphatic carbocycles. The Morgan fingerprint density at radius 1 is 1.24 bits per heavy atom. The summed E-state index contributed by atoms with van der Waals surface area (Å²) in [5.74, 6) is 1.46. The summed E-state index contributed by atoms with van der Waals surface area (Å²) >= 11 is 7.42. The van der Waals surface area contributed by atoms with E-state index in [9.17, 15) is 10.1 Å². The summed E-state index contributed by atoms with van der Waals surface area (Å²) in [5, 5.41) is 15.4. The highest BCUT2D eigenvalue weighted by atomic mass is 35.5. The van der Waals surface area contributed by atoms with Crippen LogP contribution in [0.4, 0.5) is 11.6 Å². The van der Waals surface area contributed by atoms with Gasteiger partial charge in [0.25, 0.3) is 0 Å². The fraction of sp³-hybridized carbons (Fsp3) is 0.292. The molecule has 0 saturated heterocycles. The molecule has 4 heterocycles. The van der Waals surface area contributed by atoms with E-state index in [1.165, 1.54) is 36.1 Å². The van der Waals surface area contributed by atoms with Crippen LogP contribution < -0.4 is 10.6 Å². The molecular weight excluding hydrogens is 470 g/mol. The number of thiophene rings is 1. The Morgan fingerprint density at radius 2 is 2.09 bits per heavy atom. The van der Waals surface area contributed by atoms with Crippen LogP contribution in [0.25, 0.3) is 5.65 Å². The van der Waals surface area contributed by atoms with Gasteiger partial charge in [0.05, 0.1) is 22.1 Å². The molecule has 34 heavy (non-hydrogen) atoms. The van der Waals surface area contributed by atoms with Gasteiger partial charge in [0.2, 0.25) is 5.91 Å². The van der Waals surface area contributed by atoms with Crippen molar-refractivity contribution in [3.8, 4) is 6.07 Å². The zero-order valence-electron chi connectivity index (χ0n) is 18.0. The molecule has 8 nitrogen and oxygen atoms in total. The lowest BCUT2D eigenvalue weighted by Gasteiger charge is -2.07. The molecule has 0 aliphatic heterocycles. The minimum atomic E-state index is -0.188. The third-order valence-electron chi connectivity index (χ3n) is 6.26. The van der Waals surface area contributed by atoms with Crippen molar-refractivity contribution < 1.29 is 4.79 Å². The largest absolute Gasteiger partial charge is 0.364 e. The SMILES string of the molecule is N#Cc1cc(Cl)sc1C1CC1C(=O)Nc1cc(NCc2cn3cc(C4CC4)ccc3n2)ncn1. The van der Waals surface area contributed by atoms with Crippen LogP contribution >= 0.6 is 22.9 Å². The molecule has 2 unspecified atom stereocenters. The van der Waals surface area contributed by atoms with Crippen LogP contribution in [0.5, 0.6) is 0 Å². The number of nitrogens with zero attached hydrogens (tertiary/aromatic N) is 5.